The molecule has 1 saturated heterocycles. The van der Waals surface area contributed by atoms with Gasteiger partial charge in [-0.15, -0.1) is 0 Å². The largest absolute Gasteiger partial charge is 0.388 e. The number of hydrogen-bond donors (Lipinski definition) is 2. The number of aryl methyl sites for hydroxylation is 2. The summed E-state index contributed by atoms with van der Waals surface area (Å²) in [6.07, 6.45) is -1.66. The van der Waals surface area contributed by atoms with Gasteiger partial charge in [0.05, 0.1) is 12.2 Å². The minimum absolute atomic E-state index is 0.123. The average molecular weight is 235 g/mol. The number of carbonyl (C=O) groups excluding carboxylic acids is 1. The quantitative estimate of drug-likeness (QED) is 0.744. The van der Waals surface area contributed by atoms with Crippen LogP contribution in [-0.2, 0) is 0 Å². The zero-order valence-electron chi connectivity index (χ0n) is 10.1. The molecule has 17 heavy (non-hydrogen) atoms. The first-order valence-corrected chi connectivity index (χ1v) is 5.71. The lowest BCUT2D eigenvalue weighted by molar-refractivity contribution is 0.0572. The summed E-state index contributed by atoms with van der Waals surface area (Å²) in [6, 6.07) is 5.71. The molecule has 2 rings (SSSR count). The van der Waals surface area contributed by atoms with Crippen LogP contribution in [-0.4, -0.2) is 46.3 Å². The SMILES string of the molecule is Cc1ccc(C)c(C(=O)N2CC(O)C(O)C2)c1. The molecule has 0 radical (unpaired) electrons. The Balaban J connectivity index is 2.23. The molecule has 0 spiro atoms. The highest BCUT2D eigenvalue weighted by molar-refractivity contribution is 5.96. The fraction of sp³-hybridized carbons (Fsp3) is 0.462. The molecule has 1 aromatic carbocycles. The highest BCUT2D eigenvalue weighted by Crippen LogP contribution is 2.17. The summed E-state index contributed by atoms with van der Waals surface area (Å²) in [5.41, 5.74) is 2.59. The summed E-state index contributed by atoms with van der Waals surface area (Å²) in [5.74, 6) is -0.123. The number of aliphatic hydroxyl groups excluding tert-OH is 2. The van der Waals surface area contributed by atoms with Crippen molar-refractivity contribution < 1.29 is 15.0 Å². The van der Waals surface area contributed by atoms with E-state index in [1.54, 1.807) is 0 Å². The minimum atomic E-state index is -0.830. The molecule has 1 aliphatic rings. The fourth-order valence-corrected chi connectivity index (χ4v) is 2.07. The lowest BCUT2D eigenvalue weighted by Crippen LogP contribution is -2.30. The second-order valence-corrected chi connectivity index (χ2v) is 4.66. The van der Waals surface area contributed by atoms with E-state index < -0.39 is 12.2 Å². The first-order valence-electron chi connectivity index (χ1n) is 5.71. The molecule has 1 aliphatic heterocycles. The van der Waals surface area contributed by atoms with Gasteiger partial charge in [0.15, 0.2) is 0 Å². The Kier molecular flexibility index (Phi) is 3.17. The molecule has 2 unspecified atom stereocenters. The third-order valence-corrected chi connectivity index (χ3v) is 3.17. The molecule has 0 aromatic heterocycles. The number of β-amino-alcohol motifs (C(OH)–C–C–N with tert-alkyl or cyclic N) is 2. The molecule has 1 amide bonds. The number of benzene rings is 1. The first kappa shape index (κ1) is 12.1. The van der Waals surface area contributed by atoms with Crippen LogP contribution in [0.5, 0.6) is 0 Å². The Bertz CT molecular complexity index is 434. The van der Waals surface area contributed by atoms with Gasteiger partial charge < -0.3 is 15.1 Å². The van der Waals surface area contributed by atoms with Crippen LogP contribution >= 0.6 is 0 Å². The van der Waals surface area contributed by atoms with E-state index in [1.807, 2.05) is 32.0 Å². The Morgan fingerprint density at radius 3 is 2.41 bits per heavy atom. The lowest BCUT2D eigenvalue weighted by atomic mass is 10.0. The molecule has 1 aromatic rings. The van der Waals surface area contributed by atoms with Crippen molar-refractivity contribution in [2.75, 3.05) is 13.1 Å². The molecule has 4 heteroatoms. The van der Waals surface area contributed by atoms with Gasteiger partial charge in [0.25, 0.3) is 5.91 Å². The van der Waals surface area contributed by atoms with Crippen molar-refractivity contribution >= 4 is 5.91 Å². The number of likely N-dealkylation sites (tertiary alicyclic amines) is 1. The van der Waals surface area contributed by atoms with E-state index in [9.17, 15) is 15.0 Å². The van der Waals surface area contributed by atoms with Crippen LogP contribution in [0.3, 0.4) is 0 Å². The van der Waals surface area contributed by atoms with Crippen LogP contribution in [0.25, 0.3) is 0 Å². The Labute approximate surface area is 100 Å². The van der Waals surface area contributed by atoms with E-state index in [0.29, 0.717) is 5.56 Å². The number of hydrogen-bond acceptors (Lipinski definition) is 3. The molecule has 1 heterocycles. The van der Waals surface area contributed by atoms with Crippen molar-refractivity contribution in [2.45, 2.75) is 26.1 Å². The zero-order chi connectivity index (χ0) is 12.6. The zero-order valence-corrected chi connectivity index (χ0v) is 10.1. The van der Waals surface area contributed by atoms with Crippen LogP contribution in [0.4, 0.5) is 0 Å². The van der Waals surface area contributed by atoms with Crippen LogP contribution in [0.2, 0.25) is 0 Å². The fourth-order valence-electron chi connectivity index (χ4n) is 2.07. The van der Waals surface area contributed by atoms with Gasteiger partial charge in [0.2, 0.25) is 0 Å². The Morgan fingerprint density at radius 2 is 1.82 bits per heavy atom. The van der Waals surface area contributed by atoms with E-state index >= 15 is 0 Å². The van der Waals surface area contributed by atoms with Gasteiger partial charge in [-0.2, -0.15) is 0 Å². The summed E-state index contributed by atoms with van der Waals surface area (Å²) in [7, 11) is 0. The summed E-state index contributed by atoms with van der Waals surface area (Å²) in [4.78, 5) is 13.7. The summed E-state index contributed by atoms with van der Waals surface area (Å²) >= 11 is 0. The van der Waals surface area contributed by atoms with Gasteiger partial charge in [-0.3, -0.25) is 4.79 Å². The number of amides is 1. The summed E-state index contributed by atoms with van der Waals surface area (Å²) in [6.45, 7) is 4.22. The van der Waals surface area contributed by atoms with Gasteiger partial charge >= 0.3 is 0 Å². The highest BCUT2D eigenvalue weighted by Gasteiger charge is 2.33. The molecule has 0 bridgehead atoms. The molecule has 92 valence electrons. The van der Waals surface area contributed by atoms with Gasteiger partial charge in [0.1, 0.15) is 0 Å². The monoisotopic (exact) mass is 235 g/mol. The normalized spacial score (nSPS) is 24.1. The van der Waals surface area contributed by atoms with E-state index in [0.717, 1.165) is 11.1 Å². The van der Waals surface area contributed by atoms with E-state index in [4.69, 9.17) is 0 Å². The minimum Gasteiger partial charge on any atom is -0.388 e. The summed E-state index contributed by atoms with van der Waals surface area (Å²) < 4.78 is 0. The predicted molar refractivity (Wildman–Crippen MR) is 63.8 cm³/mol. The summed E-state index contributed by atoms with van der Waals surface area (Å²) in [5, 5.41) is 18.9. The Hall–Kier alpha value is -1.39. The third-order valence-electron chi connectivity index (χ3n) is 3.17. The second-order valence-electron chi connectivity index (χ2n) is 4.66. The maximum atomic E-state index is 12.2. The van der Waals surface area contributed by atoms with Crippen molar-refractivity contribution in [1.29, 1.82) is 0 Å². The number of aliphatic hydroxyl groups is 2. The average Bonchev–Trinajstić information content (AvgIpc) is 2.62. The van der Waals surface area contributed by atoms with Crippen molar-refractivity contribution in [1.82, 2.24) is 4.90 Å². The molecular formula is C13H17NO3. The van der Waals surface area contributed by atoms with Gasteiger partial charge in [0, 0.05) is 18.7 Å². The van der Waals surface area contributed by atoms with Crippen LogP contribution < -0.4 is 0 Å². The van der Waals surface area contributed by atoms with E-state index in [2.05, 4.69) is 0 Å². The maximum Gasteiger partial charge on any atom is 0.254 e. The Morgan fingerprint density at radius 1 is 1.24 bits per heavy atom. The molecule has 1 fully saturated rings. The van der Waals surface area contributed by atoms with E-state index in [1.165, 1.54) is 4.90 Å². The third kappa shape index (κ3) is 2.33. The van der Waals surface area contributed by atoms with Crippen molar-refractivity contribution in [3.63, 3.8) is 0 Å². The number of rotatable bonds is 1. The van der Waals surface area contributed by atoms with Crippen LogP contribution in [0.1, 0.15) is 21.5 Å². The first-order chi connectivity index (χ1) is 7.99. The second kappa shape index (κ2) is 4.47. The van der Waals surface area contributed by atoms with Crippen LogP contribution in [0, 0.1) is 13.8 Å². The molecule has 4 nitrogen and oxygen atoms in total. The lowest BCUT2D eigenvalue weighted by Gasteiger charge is -2.17. The maximum absolute atomic E-state index is 12.2. The number of carbonyl (C=O) groups is 1. The molecule has 2 N–H and O–H groups in total. The molecule has 2 atom stereocenters. The number of nitrogens with zero attached hydrogens (tertiary/aromatic N) is 1. The van der Waals surface area contributed by atoms with Crippen molar-refractivity contribution in [3.05, 3.63) is 34.9 Å². The molecule has 0 saturated carbocycles. The van der Waals surface area contributed by atoms with Gasteiger partial charge in [-0.05, 0) is 25.5 Å². The van der Waals surface area contributed by atoms with Crippen molar-refractivity contribution in [2.24, 2.45) is 0 Å². The molecule has 0 aliphatic carbocycles. The van der Waals surface area contributed by atoms with Crippen LogP contribution in [0.15, 0.2) is 18.2 Å². The molecular weight excluding hydrogens is 218 g/mol. The standard InChI is InChI=1S/C13H17NO3/c1-8-3-4-9(2)10(5-8)13(17)14-6-11(15)12(16)7-14/h3-5,11-12,15-16H,6-7H2,1-2H3. The van der Waals surface area contributed by atoms with Gasteiger partial charge in [-0.25, -0.2) is 0 Å². The predicted octanol–water partition coefficient (Wildman–Crippen LogP) is 0.481. The smallest absolute Gasteiger partial charge is 0.254 e. The van der Waals surface area contributed by atoms with Crippen molar-refractivity contribution in [3.8, 4) is 0 Å². The topological polar surface area (TPSA) is 60.8 Å². The highest BCUT2D eigenvalue weighted by atomic mass is 16.3. The van der Waals surface area contributed by atoms with Gasteiger partial charge in [-0.1, -0.05) is 17.7 Å². The van der Waals surface area contributed by atoms with E-state index in [-0.39, 0.29) is 19.0 Å².